The number of hydrogen-bond donors (Lipinski definition) is 2. The molecule has 0 saturated heterocycles. The molecule has 0 aliphatic rings. The highest BCUT2D eigenvalue weighted by atomic mass is 16.5. The van der Waals surface area contributed by atoms with Crippen molar-refractivity contribution in [2.45, 2.75) is 6.61 Å². The van der Waals surface area contributed by atoms with Crippen LogP contribution in [-0.2, 0) is 6.61 Å². The zero-order chi connectivity index (χ0) is 11.4. The number of H-pyrrole nitrogens is 1. The second kappa shape index (κ2) is 4.43. The third-order valence-corrected chi connectivity index (χ3v) is 1.95. The standard InChI is InChI=1S/C10H9N3O3/c14-10(15)8-9(12-13-11-8)16-6-7-4-2-1-3-5-7/h1-5H,6H2,(H,14,15)(H,11,12,13). The Morgan fingerprint density at radius 3 is 2.81 bits per heavy atom. The number of ether oxygens (including phenoxy) is 1. The maximum absolute atomic E-state index is 10.7. The molecular formula is C10H9N3O3. The molecule has 1 heterocycles. The van der Waals surface area contributed by atoms with Crippen LogP contribution in [0.15, 0.2) is 30.3 Å². The molecule has 2 N–H and O–H groups in total. The van der Waals surface area contributed by atoms with Gasteiger partial charge in [-0.05, 0) is 5.56 Å². The van der Waals surface area contributed by atoms with E-state index in [1.807, 2.05) is 30.3 Å². The van der Waals surface area contributed by atoms with Crippen molar-refractivity contribution < 1.29 is 14.6 Å². The molecule has 0 spiro atoms. The number of aromatic nitrogens is 3. The van der Waals surface area contributed by atoms with Crippen molar-refractivity contribution in [3.63, 3.8) is 0 Å². The van der Waals surface area contributed by atoms with Gasteiger partial charge in [-0.3, -0.25) is 0 Å². The maximum Gasteiger partial charge on any atom is 0.359 e. The number of carbonyl (C=O) groups is 1. The average molecular weight is 219 g/mol. The molecule has 0 bridgehead atoms. The lowest BCUT2D eigenvalue weighted by Gasteiger charge is -2.02. The molecule has 0 saturated carbocycles. The number of rotatable bonds is 4. The molecule has 1 aromatic carbocycles. The number of hydrogen-bond acceptors (Lipinski definition) is 4. The third kappa shape index (κ3) is 2.17. The zero-order valence-electron chi connectivity index (χ0n) is 8.25. The summed E-state index contributed by atoms with van der Waals surface area (Å²) in [5.41, 5.74) is 0.790. The van der Waals surface area contributed by atoms with Crippen molar-refractivity contribution in [2.24, 2.45) is 0 Å². The summed E-state index contributed by atoms with van der Waals surface area (Å²) in [6.07, 6.45) is 0. The normalized spacial score (nSPS) is 10.0. The zero-order valence-corrected chi connectivity index (χ0v) is 8.25. The molecule has 0 atom stereocenters. The Labute approximate surface area is 90.9 Å². The van der Waals surface area contributed by atoms with Crippen LogP contribution in [0.25, 0.3) is 0 Å². The number of carboxylic acids is 1. The van der Waals surface area contributed by atoms with Crippen LogP contribution in [0.1, 0.15) is 16.1 Å². The number of nitrogens with zero attached hydrogens (tertiary/aromatic N) is 2. The molecule has 0 amide bonds. The summed E-state index contributed by atoms with van der Waals surface area (Å²) in [5.74, 6) is -1.15. The van der Waals surface area contributed by atoms with Gasteiger partial charge in [0, 0.05) is 0 Å². The van der Waals surface area contributed by atoms with Gasteiger partial charge in [-0.25, -0.2) is 9.89 Å². The van der Waals surface area contributed by atoms with Gasteiger partial charge in [-0.1, -0.05) is 40.6 Å². The topological polar surface area (TPSA) is 88.1 Å². The molecule has 0 aliphatic carbocycles. The Balaban J connectivity index is 2.05. The van der Waals surface area contributed by atoms with Crippen molar-refractivity contribution in [2.75, 3.05) is 0 Å². The van der Waals surface area contributed by atoms with Crippen LogP contribution in [0.5, 0.6) is 5.88 Å². The Morgan fingerprint density at radius 1 is 1.38 bits per heavy atom. The maximum atomic E-state index is 10.7. The number of benzene rings is 1. The summed E-state index contributed by atoms with van der Waals surface area (Å²) in [6.45, 7) is 0.258. The van der Waals surface area contributed by atoms with Gasteiger partial charge in [0.05, 0.1) is 0 Å². The van der Waals surface area contributed by atoms with E-state index >= 15 is 0 Å². The molecule has 0 radical (unpaired) electrons. The summed E-state index contributed by atoms with van der Waals surface area (Å²) in [6, 6.07) is 9.39. The van der Waals surface area contributed by atoms with Gasteiger partial charge in [0.25, 0.3) is 5.88 Å². The molecule has 2 aromatic rings. The van der Waals surface area contributed by atoms with Gasteiger partial charge < -0.3 is 9.84 Å². The molecule has 2 rings (SSSR count). The number of aromatic amines is 1. The van der Waals surface area contributed by atoms with E-state index in [0.717, 1.165) is 5.56 Å². The third-order valence-electron chi connectivity index (χ3n) is 1.95. The number of nitrogens with one attached hydrogen (secondary N) is 1. The van der Waals surface area contributed by atoms with E-state index in [0.29, 0.717) is 0 Å². The predicted octanol–water partition coefficient (Wildman–Crippen LogP) is 1.08. The highest BCUT2D eigenvalue weighted by Gasteiger charge is 2.15. The Bertz CT molecular complexity index is 481. The van der Waals surface area contributed by atoms with Crippen molar-refractivity contribution in [1.82, 2.24) is 15.4 Å². The van der Waals surface area contributed by atoms with Crippen LogP contribution in [0, 0.1) is 0 Å². The van der Waals surface area contributed by atoms with Crippen LogP contribution in [0.4, 0.5) is 0 Å². The average Bonchev–Trinajstić information content (AvgIpc) is 2.76. The Hall–Kier alpha value is -2.37. The summed E-state index contributed by atoms with van der Waals surface area (Å²) in [7, 11) is 0. The number of aromatic carboxylic acids is 1. The van der Waals surface area contributed by atoms with Gasteiger partial charge >= 0.3 is 5.97 Å². The minimum absolute atomic E-state index is 0.00338. The van der Waals surface area contributed by atoms with Crippen LogP contribution in [-0.4, -0.2) is 26.5 Å². The van der Waals surface area contributed by atoms with E-state index in [1.165, 1.54) is 0 Å². The minimum Gasteiger partial charge on any atom is -0.476 e. The molecule has 6 nitrogen and oxygen atoms in total. The fourth-order valence-corrected chi connectivity index (χ4v) is 1.18. The molecule has 6 heteroatoms. The lowest BCUT2D eigenvalue weighted by Crippen LogP contribution is -2.03. The number of carboxylic acid groups (broad SMARTS) is 1. The molecule has 16 heavy (non-hydrogen) atoms. The van der Waals surface area contributed by atoms with E-state index < -0.39 is 5.97 Å². The Kier molecular flexibility index (Phi) is 2.81. The molecule has 1 aromatic heterocycles. The molecule has 0 unspecified atom stereocenters. The fraction of sp³-hybridized carbons (Fsp3) is 0.100. The second-order valence-corrected chi connectivity index (χ2v) is 3.07. The Morgan fingerprint density at radius 2 is 2.12 bits per heavy atom. The summed E-state index contributed by atoms with van der Waals surface area (Å²) >= 11 is 0. The van der Waals surface area contributed by atoms with E-state index in [9.17, 15) is 4.79 Å². The van der Waals surface area contributed by atoms with E-state index in [4.69, 9.17) is 9.84 Å². The van der Waals surface area contributed by atoms with Crippen LogP contribution < -0.4 is 4.74 Å². The van der Waals surface area contributed by atoms with Crippen molar-refractivity contribution in [3.05, 3.63) is 41.6 Å². The van der Waals surface area contributed by atoms with E-state index in [2.05, 4.69) is 15.4 Å². The quantitative estimate of drug-likeness (QED) is 0.803. The first-order chi connectivity index (χ1) is 7.77. The highest BCUT2D eigenvalue weighted by molar-refractivity contribution is 5.87. The first-order valence-corrected chi connectivity index (χ1v) is 4.58. The van der Waals surface area contributed by atoms with Gasteiger partial charge in [0.2, 0.25) is 5.69 Å². The van der Waals surface area contributed by atoms with Gasteiger partial charge in [0.1, 0.15) is 6.61 Å². The fourth-order valence-electron chi connectivity index (χ4n) is 1.18. The highest BCUT2D eigenvalue weighted by Crippen LogP contribution is 2.12. The van der Waals surface area contributed by atoms with Crippen LogP contribution in [0.3, 0.4) is 0 Å². The summed E-state index contributed by atoms with van der Waals surface area (Å²) in [4.78, 5) is 10.7. The van der Waals surface area contributed by atoms with Gasteiger partial charge in [-0.2, -0.15) is 0 Å². The first-order valence-electron chi connectivity index (χ1n) is 4.58. The molecule has 0 fully saturated rings. The van der Waals surface area contributed by atoms with Crippen LogP contribution >= 0.6 is 0 Å². The van der Waals surface area contributed by atoms with Crippen molar-refractivity contribution >= 4 is 5.97 Å². The molecule has 82 valence electrons. The minimum atomic E-state index is -1.15. The van der Waals surface area contributed by atoms with Crippen molar-refractivity contribution in [3.8, 4) is 5.88 Å². The van der Waals surface area contributed by atoms with E-state index in [-0.39, 0.29) is 18.2 Å². The lowest BCUT2D eigenvalue weighted by molar-refractivity contribution is 0.0685. The van der Waals surface area contributed by atoms with Crippen molar-refractivity contribution in [1.29, 1.82) is 0 Å². The van der Waals surface area contributed by atoms with Gasteiger partial charge in [0.15, 0.2) is 0 Å². The molecular weight excluding hydrogens is 210 g/mol. The summed E-state index contributed by atoms with van der Waals surface area (Å²) in [5, 5.41) is 17.9. The lowest BCUT2D eigenvalue weighted by atomic mass is 10.2. The first kappa shape index (κ1) is 10.2. The second-order valence-electron chi connectivity index (χ2n) is 3.07. The van der Waals surface area contributed by atoms with E-state index in [1.54, 1.807) is 0 Å². The largest absolute Gasteiger partial charge is 0.476 e. The predicted molar refractivity (Wildman–Crippen MR) is 54.1 cm³/mol. The SMILES string of the molecule is O=C(O)c1[nH]nnc1OCc1ccccc1. The van der Waals surface area contributed by atoms with Crippen LogP contribution in [0.2, 0.25) is 0 Å². The molecule has 0 aliphatic heterocycles. The summed E-state index contributed by atoms with van der Waals surface area (Å²) < 4.78 is 5.24. The monoisotopic (exact) mass is 219 g/mol. The smallest absolute Gasteiger partial charge is 0.359 e. The van der Waals surface area contributed by atoms with Gasteiger partial charge in [-0.15, -0.1) is 0 Å².